The van der Waals surface area contributed by atoms with Gasteiger partial charge in [0.05, 0.1) is 16.3 Å². The first-order chi connectivity index (χ1) is 12.4. The smallest absolute Gasteiger partial charge is 0.352 e. The first-order valence-corrected chi connectivity index (χ1v) is 8.77. The molecule has 0 saturated carbocycles. The second-order valence-corrected chi connectivity index (χ2v) is 6.52. The van der Waals surface area contributed by atoms with Gasteiger partial charge in [-0.2, -0.15) is 13.2 Å². The summed E-state index contributed by atoms with van der Waals surface area (Å²) < 4.78 is 37.8. The molecule has 1 N–H and O–H groups in total. The van der Waals surface area contributed by atoms with Gasteiger partial charge < -0.3 is 5.32 Å². The van der Waals surface area contributed by atoms with E-state index in [4.69, 9.17) is 0 Å². The number of thiazole rings is 1. The zero-order chi connectivity index (χ0) is 18.6. The molecule has 0 aliphatic rings. The summed E-state index contributed by atoms with van der Waals surface area (Å²) in [5.74, 6) is -0.148. The van der Waals surface area contributed by atoms with Gasteiger partial charge in [-0.1, -0.05) is 30.3 Å². The summed E-state index contributed by atoms with van der Waals surface area (Å²) in [6, 6.07) is 13.8. The summed E-state index contributed by atoms with van der Waals surface area (Å²) in [5.41, 5.74) is 1.18. The summed E-state index contributed by atoms with van der Waals surface area (Å²) in [5, 5.41) is 5.44. The lowest BCUT2D eigenvalue weighted by Gasteiger charge is -2.06. The molecule has 2 aromatic carbocycles. The number of nitrogens with one attached hydrogen (secondary N) is 1. The van der Waals surface area contributed by atoms with Crippen molar-refractivity contribution < 1.29 is 18.0 Å². The molecule has 1 aromatic heterocycles. The van der Waals surface area contributed by atoms with Gasteiger partial charge in [0.15, 0.2) is 0 Å². The lowest BCUT2D eigenvalue weighted by atomic mass is 10.1. The summed E-state index contributed by atoms with van der Waals surface area (Å²) in [4.78, 5) is 16.4. The molecule has 0 radical (unpaired) electrons. The van der Waals surface area contributed by atoms with Gasteiger partial charge in [-0.15, -0.1) is 11.3 Å². The molecule has 7 heteroatoms. The first kappa shape index (κ1) is 18.1. The van der Waals surface area contributed by atoms with E-state index in [0.29, 0.717) is 29.8 Å². The Kier molecular flexibility index (Phi) is 5.37. The molecule has 134 valence electrons. The van der Waals surface area contributed by atoms with Crippen LogP contribution in [0.25, 0.3) is 11.3 Å². The Morgan fingerprint density at radius 3 is 2.38 bits per heavy atom. The van der Waals surface area contributed by atoms with Crippen LogP contribution in [0, 0.1) is 0 Å². The van der Waals surface area contributed by atoms with Gasteiger partial charge in [0.2, 0.25) is 0 Å². The Hall–Kier alpha value is -2.67. The van der Waals surface area contributed by atoms with E-state index in [1.54, 1.807) is 29.6 Å². The zero-order valence-electron chi connectivity index (χ0n) is 13.6. The summed E-state index contributed by atoms with van der Waals surface area (Å²) in [6.07, 6.45) is -3.79. The van der Waals surface area contributed by atoms with E-state index >= 15 is 0 Å². The highest BCUT2D eigenvalue weighted by Gasteiger charge is 2.30. The molecule has 0 atom stereocenters. The largest absolute Gasteiger partial charge is 0.416 e. The Labute approximate surface area is 152 Å². The monoisotopic (exact) mass is 376 g/mol. The average molecular weight is 376 g/mol. The predicted octanol–water partition coefficient (Wildman–Crippen LogP) is 4.80. The third kappa shape index (κ3) is 4.49. The number of benzene rings is 2. The molecule has 0 aliphatic heterocycles. The van der Waals surface area contributed by atoms with Crippen molar-refractivity contribution in [1.29, 1.82) is 0 Å². The topological polar surface area (TPSA) is 42.0 Å². The summed E-state index contributed by atoms with van der Waals surface area (Å²) in [7, 11) is 0. The van der Waals surface area contributed by atoms with Gasteiger partial charge in [-0.25, -0.2) is 4.98 Å². The number of carbonyl (C=O) groups excluding carboxylic acids is 1. The zero-order valence-corrected chi connectivity index (χ0v) is 14.4. The van der Waals surface area contributed by atoms with Crippen LogP contribution in [0.3, 0.4) is 0 Å². The molecule has 1 amide bonds. The number of aromatic nitrogens is 1. The van der Waals surface area contributed by atoms with E-state index in [9.17, 15) is 18.0 Å². The highest BCUT2D eigenvalue weighted by atomic mass is 32.1. The molecular formula is C19H15F3N2OS. The maximum absolute atomic E-state index is 12.6. The van der Waals surface area contributed by atoms with Gasteiger partial charge in [-0.05, 0) is 24.3 Å². The van der Waals surface area contributed by atoms with Crippen LogP contribution >= 0.6 is 11.3 Å². The van der Waals surface area contributed by atoms with Crippen LogP contribution in [0.2, 0.25) is 0 Å². The van der Waals surface area contributed by atoms with Crippen LogP contribution in [0.1, 0.15) is 20.9 Å². The van der Waals surface area contributed by atoms with Crippen molar-refractivity contribution in [2.24, 2.45) is 0 Å². The van der Waals surface area contributed by atoms with Crippen molar-refractivity contribution in [2.45, 2.75) is 12.6 Å². The van der Waals surface area contributed by atoms with E-state index < -0.39 is 11.7 Å². The van der Waals surface area contributed by atoms with Crippen LogP contribution in [-0.4, -0.2) is 17.4 Å². The van der Waals surface area contributed by atoms with Gasteiger partial charge >= 0.3 is 6.18 Å². The van der Waals surface area contributed by atoms with Crippen LogP contribution in [0.4, 0.5) is 13.2 Å². The molecule has 0 unspecified atom stereocenters. The fraction of sp³-hybridized carbons (Fsp3) is 0.158. The first-order valence-electron chi connectivity index (χ1n) is 7.89. The molecule has 3 aromatic rings. The van der Waals surface area contributed by atoms with Crippen molar-refractivity contribution in [3.63, 3.8) is 0 Å². The number of hydrogen-bond acceptors (Lipinski definition) is 3. The highest BCUT2D eigenvalue weighted by molar-refractivity contribution is 7.09. The maximum atomic E-state index is 12.6. The Bertz CT molecular complexity index is 874. The van der Waals surface area contributed by atoms with Crippen LogP contribution in [0.15, 0.2) is 60.0 Å². The normalized spacial score (nSPS) is 11.3. The van der Waals surface area contributed by atoms with Gasteiger partial charge in [0.1, 0.15) is 0 Å². The number of alkyl halides is 3. The molecular weight excluding hydrogens is 361 g/mol. The second-order valence-electron chi connectivity index (χ2n) is 5.57. The Morgan fingerprint density at radius 2 is 1.73 bits per heavy atom. The van der Waals surface area contributed by atoms with Gasteiger partial charge in [0.25, 0.3) is 5.91 Å². The molecule has 3 nitrogen and oxygen atoms in total. The molecule has 1 heterocycles. The van der Waals surface area contributed by atoms with Crippen molar-refractivity contribution in [3.05, 3.63) is 76.1 Å². The summed E-state index contributed by atoms with van der Waals surface area (Å²) >= 11 is 1.42. The Balaban J connectivity index is 1.57. The maximum Gasteiger partial charge on any atom is 0.416 e. The van der Waals surface area contributed by atoms with Crippen molar-refractivity contribution in [1.82, 2.24) is 10.3 Å². The number of carbonyl (C=O) groups is 1. The third-order valence-electron chi connectivity index (χ3n) is 3.72. The number of amides is 1. The van der Waals surface area contributed by atoms with E-state index in [1.807, 2.05) is 6.07 Å². The van der Waals surface area contributed by atoms with Crippen LogP contribution < -0.4 is 5.32 Å². The number of nitrogens with zero attached hydrogens (tertiary/aromatic N) is 1. The third-order valence-corrected chi connectivity index (χ3v) is 4.63. The van der Waals surface area contributed by atoms with Crippen LogP contribution in [0.5, 0.6) is 0 Å². The van der Waals surface area contributed by atoms with E-state index in [1.165, 1.54) is 23.5 Å². The molecule has 0 saturated heterocycles. The molecule has 0 aliphatic carbocycles. The second kappa shape index (κ2) is 7.70. The lowest BCUT2D eigenvalue weighted by Crippen LogP contribution is -2.25. The minimum atomic E-state index is -4.34. The molecule has 0 fully saturated rings. The van der Waals surface area contributed by atoms with Crippen molar-refractivity contribution in [3.8, 4) is 11.3 Å². The standard InChI is InChI=1S/C19H15F3N2OS/c20-19(21,22)15-8-6-13(7-9-15)16-12-26-17(24-16)10-11-23-18(25)14-4-2-1-3-5-14/h1-9,12H,10-11H2,(H,23,25). The van der Waals surface area contributed by atoms with Crippen LogP contribution in [-0.2, 0) is 12.6 Å². The Morgan fingerprint density at radius 1 is 1.04 bits per heavy atom. The highest BCUT2D eigenvalue weighted by Crippen LogP contribution is 2.31. The number of rotatable bonds is 5. The molecule has 0 bridgehead atoms. The quantitative estimate of drug-likeness (QED) is 0.695. The van der Waals surface area contributed by atoms with Crippen molar-refractivity contribution in [2.75, 3.05) is 6.54 Å². The molecule has 0 spiro atoms. The van der Waals surface area contributed by atoms with Gasteiger partial charge in [-0.3, -0.25) is 4.79 Å². The lowest BCUT2D eigenvalue weighted by molar-refractivity contribution is -0.137. The minimum Gasteiger partial charge on any atom is -0.352 e. The molecule has 3 rings (SSSR count). The predicted molar refractivity (Wildman–Crippen MR) is 95.0 cm³/mol. The fourth-order valence-electron chi connectivity index (χ4n) is 2.36. The minimum absolute atomic E-state index is 0.148. The SMILES string of the molecule is O=C(NCCc1nc(-c2ccc(C(F)(F)F)cc2)cs1)c1ccccc1. The van der Waals surface area contributed by atoms with Gasteiger partial charge in [0, 0.05) is 29.5 Å². The fourth-order valence-corrected chi connectivity index (χ4v) is 3.17. The molecule has 26 heavy (non-hydrogen) atoms. The van der Waals surface area contributed by atoms with E-state index in [2.05, 4.69) is 10.3 Å². The number of halogens is 3. The summed E-state index contributed by atoms with van der Waals surface area (Å²) in [6.45, 7) is 0.438. The van der Waals surface area contributed by atoms with E-state index in [-0.39, 0.29) is 5.91 Å². The number of hydrogen-bond donors (Lipinski definition) is 1. The average Bonchev–Trinajstić information content (AvgIpc) is 3.11. The van der Waals surface area contributed by atoms with E-state index in [0.717, 1.165) is 17.1 Å². The van der Waals surface area contributed by atoms with Crippen molar-refractivity contribution >= 4 is 17.2 Å².